The molecule has 44 valence electrons. The van der Waals surface area contributed by atoms with E-state index >= 15 is 0 Å². The zero-order valence-electron chi connectivity index (χ0n) is 5.60. The third-order valence-electron chi connectivity index (χ3n) is 1.25. The van der Waals surface area contributed by atoms with Gasteiger partial charge < -0.3 is 0 Å². The molecule has 0 aromatic carbocycles. The lowest BCUT2D eigenvalue weighted by atomic mass is 10.0. The maximum Gasteiger partial charge on any atom is 0.0450 e. The van der Waals surface area contributed by atoms with E-state index in [2.05, 4.69) is 24.9 Å². The first-order valence-corrected chi connectivity index (χ1v) is 2.97. The highest BCUT2D eigenvalue weighted by molar-refractivity contribution is 6.01. The SMILES string of the molecule is CC1=CC(C(C)C)=N1. The van der Waals surface area contributed by atoms with Crippen molar-refractivity contribution < 1.29 is 0 Å². The summed E-state index contributed by atoms with van der Waals surface area (Å²) in [6, 6.07) is 0. The van der Waals surface area contributed by atoms with E-state index in [9.17, 15) is 0 Å². The molecule has 0 fully saturated rings. The van der Waals surface area contributed by atoms with E-state index in [1.54, 1.807) is 0 Å². The molecule has 0 saturated carbocycles. The van der Waals surface area contributed by atoms with Gasteiger partial charge in [-0.3, -0.25) is 4.99 Å². The van der Waals surface area contributed by atoms with Crippen molar-refractivity contribution >= 4 is 5.71 Å². The van der Waals surface area contributed by atoms with Gasteiger partial charge in [0.1, 0.15) is 0 Å². The fraction of sp³-hybridized carbons (Fsp3) is 0.571. The first-order valence-electron chi connectivity index (χ1n) is 2.97. The summed E-state index contributed by atoms with van der Waals surface area (Å²) in [6.45, 7) is 6.33. The largest absolute Gasteiger partial charge is 0.258 e. The molecule has 1 heterocycles. The lowest BCUT2D eigenvalue weighted by Crippen LogP contribution is -2.10. The summed E-state index contributed by atoms with van der Waals surface area (Å²) in [4.78, 5) is 4.20. The number of allylic oxidation sites excluding steroid dienone is 2. The van der Waals surface area contributed by atoms with Crippen molar-refractivity contribution in [2.24, 2.45) is 10.9 Å². The number of hydrogen-bond acceptors (Lipinski definition) is 1. The molecule has 1 heteroatoms. The molecule has 0 saturated heterocycles. The van der Waals surface area contributed by atoms with Crippen LogP contribution in [0, 0.1) is 5.92 Å². The zero-order chi connectivity index (χ0) is 6.15. The fourth-order valence-electron chi connectivity index (χ4n) is 0.712. The minimum Gasteiger partial charge on any atom is -0.258 e. The van der Waals surface area contributed by atoms with Crippen LogP contribution < -0.4 is 0 Å². The van der Waals surface area contributed by atoms with Crippen LogP contribution in [0.25, 0.3) is 0 Å². The highest BCUT2D eigenvalue weighted by atomic mass is 14.8. The van der Waals surface area contributed by atoms with Gasteiger partial charge in [-0.1, -0.05) is 13.8 Å². The van der Waals surface area contributed by atoms with Crippen molar-refractivity contribution in [1.29, 1.82) is 0 Å². The van der Waals surface area contributed by atoms with E-state index in [1.807, 2.05) is 6.92 Å². The molecule has 8 heavy (non-hydrogen) atoms. The van der Waals surface area contributed by atoms with Crippen molar-refractivity contribution in [3.63, 3.8) is 0 Å². The summed E-state index contributed by atoms with van der Waals surface area (Å²) in [7, 11) is 0. The Morgan fingerprint density at radius 3 is 2.12 bits per heavy atom. The van der Waals surface area contributed by atoms with Gasteiger partial charge in [-0.2, -0.15) is 0 Å². The molecule has 1 nitrogen and oxygen atoms in total. The molecule has 0 spiro atoms. The Morgan fingerprint density at radius 2 is 2.00 bits per heavy atom. The second-order valence-corrected chi connectivity index (χ2v) is 2.48. The monoisotopic (exact) mass is 109 g/mol. The second-order valence-electron chi connectivity index (χ2n) is 2.48. The van der Waals surface area contributed by atoms with Crippen molar-refractivity contribution in [3.05, 3.63) is 11.8 Å². The summed E-state index contributed by atoms with van der Waals surface area (Å²) in [5.41, 5.74) is 2.40. The van der Waals surface area contributed by atoms with Gasteiger partial charge in [0.2, 0.25) is 0 Å². The molecule has 0 aromatic rings. The number of rotatable bonds is 1. The van der Waals surface area contributed by atoms with Crippen LogP contribution >= 0.6 is 0 Å². The fourth-order valence-corrected chi connectivity index (χ4v) is 0.712. The van der Waals surface area contributed by atoms with Gasteiger partial charge in [0.05, 0.1) is 0 Å². The molecule has 0 N–H and O–H groups in total. The third kappa shape index (κ3) is 0.808. The average Bonchev–Trinajstić information content (AvgIpc) is 1.57. The third-order valence-corrected chi connectivity index (χ3v) is 1.25. The van der Waals surface area contributed by atoms with E-state index in [1.165, 1.54) is 5.71 Å². The number of aliphatic imine (C=N–C) groups is 1. The van der Waals surface area contributed by atoms with Gasteiger partial charge >= 0.3 is 0 Å². The van der Waals surface area contributed by atoms with Crippen molar-refractivity contribution in [2.75, 3.05) is 0 Å². The molecule has 1 aliphatic rings. The van der Waals surface area contributed by atoms with Gasteiger partial charge in [-0.15, -0.1) is 0 Å². The van der Waals surface area contributed by atoms with E-state index in [-0.39, 0.29) is 0 Å². The van der Waals surface area contributed by atoms with E-state index < -0.39 is 0 Å². The summed E-state index contributed by atoms with van der Waals surface area (Å²) >= 11 is 0. The van der Waals surface area contributed by atoms with Crippen molar-refractivity contribution in [2.45, 2.75) is 20.8 Å². The molecule has 0 aliphatic carbocycles. The van der Waals surface area contributed by atoms with Crippen LogP contribution in [-0.4, -0.2) is 5.71 Å². The summed E-state index contributed by atoms with van der Waals surface area (Å²) in [5, 5.41) is 0. The normalized spacial score (nSPS) is 17.5. The van der Waals surface area contributed by atoms with Gasteiger partial charge in [0.25, 0.3) is 0 Å². The maximum atomic E-state index is 4.20. The number of nitrogens with zero attached hydrogens (tertiary/aromatic N) is 1. The summed E-state index contributed by atoms with van der Waals surface area (Å²) in [6.07, 6.45) is 2.13. The molecule has 0 atom stereocenters. The molecule has 0 bridgehead atoms. The van der Waals surface area contributed by atoms with Crippen LogP contribution in [0.5, 0.6) is 0 Å². The summed E-state index contributed by atoms with van der Waals surface area (Å²) < 4.78 is 0. The summed E-state index contributed by atoms with van der Waals surface area (Å²) in [5.74, 6) is 0.610. The van der Waals surface area contributed by atoms with E-state index in [4.69, 9.17) is 0 Å². The highest BCUT2D eigenvalue weighted by Crippen LogP contribution is 2.13. The zero-order valence-corrected chi connectivity index (χ0v) is 5.60. The Labute approximate surface area is 50.1 Å². The predicted molar refractivity (Wildman–Crippen MR) is 36.0 cm³/mol. The molecule has 0 radical (unpaired) electrons. The maximum absolute atomic E-state index is 4.20. The Bertz CT molecular complexity index is 152. The molecular formula is C7H11N. The van der Waals surface area contributed by atoms with Crippen LogP contribution in [0.4, 0.5) is 0 Å². The molecule has 0 amide bonds. The molecule has 1 rings (SSSR count). The molecular weight excluding hydrogens is 98.1 g/mol. The van der Waals surface area contributed by atoms with Crippen LogP contribution in [-0.2, 0) is 0 Å². The Balaban J connectivity index is 2.46. The standard InChI is InChI=1S/C7H11N/c1-5(2)7-4-6(3)8-7/h4-5H,1-3H3. The molecule has 0 unspecified atom stereocenters. The molecule has 0 aromatic heterocycles. The van der Waals surface area contributed by atoms with Crippen LogP contribution in [0.2, 0.25) is 0 Å². The number of hydrogen-bond donors (Lipinski definition) is 0. The van der Waals surface area contributed by atoms with Gasteiger partial charge in [0.15, 0.2) is 0 Å². The van der Waals surface area contributed by atoms with E-state index in [0.29, 0.717) is 5.92 Å². The smallest absolute Gasteiger partial charge is 0.0450 e. The van der Waals surface area contributed by atoms with Crippen molar-refractivity contribution in [3.8, 4) is 0 Å². The van der Waals surface area contributed by atoms with Gasteiger partial charge in [-0.05, 0) is 18.9 Å². The average molecular weight is 109 g/mol. The van der Waals surface area contributed by atoms with Crippen LogP contribution in [0.15, 0.2) is 16.8 Å². The minimum atomic E-state index is 0.610. The van der Waals surface area contributed by atoms with Crippen LogP contribution in [0.3, 0.4) is 0 Å². The van der Waals surface area contributed by atoms with Crippen molar-refractivity contribution in [1.82, 2.24) is 0 Å². The van der Waals surface area contributed by atoms with Gasteiger partial charge in [-0.25, -0.2) is 0 Å². The van der Waals surface area contributed by atoms with Crippen LogP contribution in [0.1, 0.15) is 20.8 Å². The Kier molecular flexibility index (Phi) is 1.20. The topological polar surface area (TPSA) is 12.4 Å². The Morgan fingerprint density at radius 1 is 1.50 bits per heavy atom. The lowest BCUT2D eigenvalue weighted by Gasteiger charge is -2.12. The van der Waals surface area contributed by atoms with E-state index in [0.717, 1.165) is 5.70 Å². The molecule has 1 aliphatic heterocycles. The Hall–Kier alpha value is -0.590. The first-order chi connectivity index (χ1) is 3.70. The highest BCUT2D eigenvalue weighted by Gasteiger charge is 2.08. The van der Waals surface area contributed by atoms with Gasteiger partial charge in [0, 0.05) is 11.4 Å². The lowest BCUT2D eigenvalue weighted by molar-refractivity contribution is 0.873. The first kappa shape index (κ1) is 5.54. The minimum absolute atomic E-state index is 0.610. The second kappa shape index (κ2) is 1.73. The quantitative estimate of drug-likeness (QED) is 0.488. The predicted octanol–water partition coefficient (Wildman–Crippen LogP) is 2.00.